The van der Waals surface area contributed by atoms with Crippen molar-refractivity contribution in [2.45, 2.75) is 42.0 Å². The summed E-state index contributed by atoms with van der Waals surface area (Å²) in [4.78, 5) is 25.4. The second-order valence-electron chi connectivity index (χ2n) is 8.38. The SMILES string of the molecule is Cc1cc(C2C(C(=O)Nc3ccc(Cl)c(C(=O)NC4CC(F)(F)C4)c3)C2(Cl)Cl)cc(Cl)c1Cl. The first kappa shape index (κ1) is 24.8. The summed E-state index contributed by atoms with van der Waals surface area (Å²) in [5.41, 5.74) is 1.75. The van der Waals surface area contributed by atoms with Gasteiger partial charge in [-0.15, -0.1) is 23.2 Å². The fraction of sp³-hybridized carbons (Fsp3) is 0.364. The molecule has 2 saturated carbocycles. The Bertz CT molecular complexity index is 1130. The Labute approximate surface area is 213 Å². The fourth-order valence-electron chi connectivity index (χ4n) is 4.02. The van der Waals surface area contributed by atoms with Gasteiger partial charge in [0.15, 0.2) is 0 Å². The van der Waals surface area contributed by atoms with E-state index in [4.69, 9.17) is 58.0 Å². The van der Waals surface area contributed by atoms with Crippen LogP contribution in [-0.4, -0.2) is 28.1 Å². The summed E-state index contributed by atoms with van der Waals surface area (Å²) in [6.07, 6.45) is -0.838. The minimum atomic E-state index is -2.76. The van der Waals surface area contributed by atoms with Gasteiger partial charge in [0, 0.05) is 30.5 Å². The number of nitrogens with one attached hydrogen (secondary N) is 2. The molecule has 0 aliphatic heterocycles. The molecule has 2 aliphatic rings. The van der Waals surface area contributed by atoms with Crippen molar-refractivity contribution in [2.75, 3.05) is 5.32 Å². The number of hydrogen-bond donors (Lipinski definition) is 2. The van der Waals surface area contributed by atoms with E-state index in [0.717, 1.165) is 5.56 Å². The van der Waals surface area contributed by atoms with Gasteiger partial charge in [-0.05, 0) is 42.3 Å². The number of hydrogen-bond acceptors (Lipinski definition) is 2. The number of carbonyl (C=O) groups excluding carboxylic acids is 2. The second-order valence-corrected chi connectivity index (χ2v) is 11.0. The van der Waals surface area contributed by atoms with E-state index in [1.165, 1.54) is 18.2 Å². The lowest BCUT2D eigenvalue weighted by molar-refractivity contribution is -0.117. The lowest BCUT2D eigenvalue weighted by Gasteiger charge is -2.35. The molecular formula is C22H17Cl5F2N2O2. The topological polar surface area (TPSA) is 58.2 Å². The minimum absolute atomic E-state index is 0.0557. The highest BCUT2D eigenvalue weighted by Gasteiger charge is 2.67. The predicted octanol–water partition coefficient (Wildman–Crippen LogP) is 7.01. The van der Waals surface area contributed by atoms with Gasteiger partial charge < -0.3 is 10.6 Å². The van der Waals surface area contributed by atoms with Gasteiger partial charge in [0.05, 0.1) is 26.5 Å². The van der Waals surface area contributed by atoms with Gasteiger partial charge in [0.1, 0.15) is 4.33 Å². The normalized spacial score (nSPS) is 22.9. The highest BCUT2D eigenvalue weighted by atomic mass is 35.5. The number of halogens is 7. The summed E-state index contributed by atoms with van der Waals surface area (Å²) in [6.45, 7) is 1.78. The molecule has 2 atom stereocenters. The zero-order chi connectivity index (χ0) is 24.3. The Morgan fingerprint density at radius 2 is 1.70 bits per heavy atom. The number of carbonyl (C=O) groups is 2. The molecule has 2 unspecified atom stereocenters. The zero-order valence-electron chi connectivity index (χ0n) is 17.0. The molecule has 0 bridgehead atoms. The van der Waals surface area contributed by atoms with Gasteiger partial charge in [-0.2, -0.15) is 0 Å². The standard InChI is InChI=1S/C22H17Cl5F2N2O2/c1-9-4-10(5-15(24)18(9)25)16-17(22(16,26)27)20(33)30-11-2-3-14(23)13(6-11)19(32)31-12-7-21(28,29)8-12/h2-6,12,16-17H,7-8H2,1H3,(H,30,33)(H,31,32). The average Bonchev–Trinajstić information content (AvgIpc) is 3.27. The summed E-state index contributed by atoms with van der Waals surface area (Å²) in [5.74, 6) is -5.11. The summed E-state index contributed by atoms with van der Waals surface area (Å²) in [6, 6.07) is 7.10. The largest absolute Gasteiger partial charge is 0.349 e. The number of rotatable bonds is 5. The van der Waals surface area contributed by atoms with Crippen LogP contribution < -0.4 is 10.6 Å². The lowest BCUT2D eigenvalue weighted by Crippen LogP contribution is -2.50. The maximum Gasteiger partial charge on any atom is 0.253 e. The molecule has 4 rings (SSSR count). The molecule has 0 radical (unpaired) electrons. The maximum absolute atomic E-state index is 13.0. The fourth-order valence-corrected chi connectivity index (χ4v) is 5.44. The molecule has 0 heterocycles. The van der Waals surface area contributed by atoms with Crippen molar-refractivity contribution in [2.24, 2.45) is 5.92 Å². The van der Waals surface area contributed by atoms with Crippen LogP contribution in [-0.2, 0) is 4.79 Å². The summed E-state index contributed by atoms with van der Waals surface area (Å²) < 4.78 is 24.7. The molecule has 2 aliphatic carbocycles. The quantitative estimate of drug-likeness (QED) is 0.390. The van der Waals surface area contributed by atoms with Gasteiger partial charge in [-0.3, -0.25) is 9.59 Å². The van der Waals surface area contributed by atoms with Crippen molar-refractivity contribution in [3.05, 3.63) is 62.1 Å². The van der Waals surface area contributed by atoms with Crippen LogP contribution in [0.15, 0.2) is 30.3 Å². The molecular weight excluding hydrogens is 540 g/mol. The molecule has 2 aromatic carbocycles. The van der Waals surface area contributed by atoms with Gasteiger partial charge in [0.25, 0.3) is 11.8 Å². The third-order valence-corrected chi connectivity index (χ3v) is 8.00. The molecule has 176 valence electrons. The Morgan fingerprint density at radius 1 is 1.03 bits per heavy atom. The van der Waals surface area contributed by atoms with Gasteiger partial charge in [-0.25, -0.2) is 8.78 Å². The first-order chi connectivity index (χ1) is 15.3. The summed E-state index contributed by atoms with van der Waals surface area (Å²) in [7, 11) is 0. The van der Waals surface area contributed by atoms with Crippen molar-refractivity contribution >= 4 is 75.5 Å². The van der Waals surface area contributed by atoms with Crippen molar-refractivity contribution in [1.29, 1.82) is 0 Å². The molecule has 11 heteroatoms. The van der Waals surface area contributed by atoms with Crippen LogP contribution >= 0.6 is 58.0 Å². The van der Waals surface area contributed by atoms with Crippen LogP contribution in [0.5, 0.6) is 0 Å². The van der Waals surface area contributed by atoms with Crippen LogP contribution in [0.2, 0.25) is 15.1 Å². The van der Waals surface area contributed by atoms with Crippen LogP contribution in [0.3, 0.4) is 0 Å². The smallest absolute Gasteiger partial charge is 0.253 e. The molecule has 0 saturated heterocycles. The van der Waals surface area contributed by atoms with E-state index in [-0.39, 0.29) is 16.3 Å². The molecule has 2 aromatic rings. The van der Waals surface area contributed by atoms with E-state index >= 15 is 0 Å². The highest BCUT2D eigenvalue weighted by molar-refractivity contribution is 6.53. The first-order valence-corrected chi connectivity index (χ1v) is 11.8. The Kier molecular flexibility index (Phi) is 6.56. The van der Waals surface area contributed by atoms with Crippen LogP contribution in [0.1, 0.15) is 40.2 Å². The monoisotopic (exact) mass is 554 g/mol. The summed E-state index contributed by atoms with van der Waals surface area (Å²) in [5, 5.41) is 6.08. The molecule has 0 aromatic heterocycles. The molecule has 33 heavy (non-hydrogen) atoms. The highest BCUT2D eigenvalue weighted by Crippen LogP contribution is 2.65. The predicted molar refractivity (Wildman–Crippen MR) is 127 cm³/mol. The Morgan fingerprint density at radius 3 is 2.30 bits per heavy atom. The minimum Gasteiger partial charge on any atom is -0.349 e. The van der Waals surface area contributed by atoms with E-state index in [0.29, 0.717) is 15.6 Å². The van der Waals surface area contributed by atoms with E-state index in [9.17, 15) is 18.4 Å². The van der Waals surface area contributed by atoms with Crippen LogP contribution in [0, 0.1) is 12.8 Å². The number of benzene rings is 2. The number of anilines is 1. The summed E-state index contributed by atoms with van der Waals surface area (Å²) >= 11 is 31.2. The van der Waals surface area contributed by atoms with Crippen molar-refractivity contribution in [3.63, 3.8) is 0 Å². The maximum atomic E-state index is 13.0. The lowest BCUT2D eigenvalue weighted by atomic mass is 9.88. The molecule has 2 N–H and O–H groups in total. The third-order valence-electron chi connectivity index (χ3n) is 5.83. The first-order valence-electron chi connectivity index (χ1n) is 9.92. The van der Waals surface area contributed by atoms with E-state index in [1.54, 1.807) is 19.1 Å². The number of amides is 2. The molecule has 4 nitrogen and oxygen atoms in total. The third kappa shape index (κ3) is 4.92. The number of aryl methyl sites for hydroxylation is 1. The Balaban J connectivity index is 1.47. The van der Waals surface area contributed by atoms with E-state index in [1.807, 2.05) is 0 Å². The average molecular weight is 557 g/mol. The van der Waals surface area contributed by atoms with Crippen LogP contribution in [0.4, 0.5) is 14.5 Å². The Hall–Kier alpha value is -1.31. The van der Waals surface area contributed by atoms with Crippen molar-refractivity contribution in [3.8, 4) is 0 Å². The van der Waals surface area contributed by atoms with Crippen molar-refractivity contribution in [1.82, 2.24) is 5.32 Å². The van der Waals surface area contributed by atoms with Gasteiger partial charge in [-0.1, -0.05) is 40.9 Å². The zero-order valence-corrected chi connectivity index (χ0v) is 20.8. The molecule has 2 fully saturated rings. The van der Waals surface area contributed by atoms with Crippen LogP contribution in [0.25, 0.3) is 0 Å². The van der Waals surface area contributed by atoms with Gasteiger partial charge in [0.2, 0.25) is 5.91 Å². The van der Waals surface area contributed by atoms with E-state index in [2.05, 4.69) is 10.6 Å². The van der Waals surface area contributed by atoms with Gasteiger partial charge >= 0.3 is 0 Å². The van der Waals surface area contributed by atoms with E-state index < -0.39 is 52.8 Å². The van der Waals surface area contributed by atoms with Crippen molar-refractivity contribution < 1.29 is 18.4 Å². The number of alkyl halides is 4. The molecule has 2 amide bonds. The molecule has 0 spiro atoms. The second kappa shape index (κ2) is 8.72.